The van der Waals surface area contributed by atoms with Gasteiger partial charge in [0.1, 0.15) is 11.3 Å². The van der Waals surface area contributed by atoms with Crippen molar-refractivity contribution in [1.29, 1.82) is 0 Å². The van der Waals surface area contributed by atoms with Gasteiger partial charge in [0.25, 0.3) is 0 Å². The summed E-state index contributed by atoms with van der Waals surface area (Å²) in [6.45, 7) is 5.99. The quantitative estimate of drug-likeness (QED) is 0.883. The van der Waals surface area contributed by atoms with Gasteiger partial charge in [-0.15, -0.1) is 0 Å². The molecule has 18 heavy (non-hydrogen) atoms. The van der Waals surface area contributed by atoms with Crippen LogP contribution in [0, 0.1) is 20.8 Å². The Morgan fingerprint density at radius 3 is 2.28 bits per heavy atom. The molecule has 0 radical (unpaired) electrons. The van der Waals surface area contributed by atoms with E-state index in [1.807, 2.05) is 32.9 Å². The average molecular weight is 244 g/mol. The minimum absolute atomic E-state index is 0.243. The number of hydrogen-bond donors (Lipinski definition) is 1. The molecule has 0 bridgehead atoms. The molecule has 0 fully saturated rings. The minimum atomic E-state index is -0.947. The van der Waals surface area contributed by atoms with Crippen LogP contribution in [0.15, 0.2) is 18.3 Å². The molecule has 0 aliphatic rings. The van der Waals surface area contributed by atoms with Gasteiger partial charge in [-0.1, -0.05) is 17.7 Å². The zero-order valence-electron chi connectivity index (χ0n) is 11.0. The topological polar surface area (TPSA) is 55.1 Å². The van der Waals surface area contributed by atoms with E-state index in [1.54, 1.807) is 7.05 Å². The number of aromatic carboxylic acids is 1. The highest BCUT2D eigenvalue weighted by Gasteiger charge is 2.19. The van der Waals surface area contributed by atoms with E-state index >= 15 is 0 Å². The molecule has 2 aromatic rings. The lowest BCUT2D eigenvalue weighted by Gasteiger charge is -2.09. The number of carbonyl (C=O) groups is 1. The van der Waals surface area contributed by atoms with Crippen LogP contribution in [0.25, 0.3) is 11.3 Å². The van der Waals surface area contributed by atoms with Gasteiger partial charge in [0.15, 0.2) is 0 Å². The van der Waals surface area contributed by atoms with E-state index < -0.39 is 5.97 Å². The van der Waals surface area contributed by atoms with Gasteiger partial charge in [-0.3, -0.25) is 4.68 Å². The lowest BCUT2D eigenvalue weighted by atomic mass is 9.95. The fourth-order valence-corrected chi connectivity index (χ4v) is 2.38. The first-order valence-electron chi connectivity index (χ1n) is 5.75. The van der Waals surface area contributed by atoms with Gasteiger partial charge in [0, 0.05) is 18.8 Å². The number of nitrogens with zero attached hydrogens (tertiary/aromatic N) is 2. The Morgan fingerprint density at radius 2 is 1.78 bits per heavy atom. The molecule has 0 saturated heterocycles. The first kappa shape index (κ1) is 12.4. The molecule has 0 spiro atoms. The second-order valence-corrected chi connectivity index (χ2v) is 4.64. The Hall–Kier alpha value is -2.10. The van der Waals surface area contributed by atoms with Crippen molar-refractivity contribution >= 4 is 5.97 Å². The number of hydrogen-bond acceptors (Lipinski definition) is 2. The Morgan fingerprint density at radius 1 is 1.22 bits per heavy atom. The summed E-state index contributed by atoms with van der Waals surface area (Å²) < 4.78 is 1.54. The Balaban J connectivity index is 2.73. The third-order valence-corrected chi connectivity index (χ3v) is 2.97. The zero-order chi connectivity index (χ0) is 13.4. The van der Waals surface area contributed by atoms with Crippen LogP contribution < -0.4 is 0 Å². The van der Waals surface area contributed by atoms with Crippen LogP contribution in [0.2, 0.25) is 0 Å². The standard InChI is InChI=1S/C14H16N2O2/c1-8-5-9(2)12(10(3)6-8)13-11(14(17)18)7-16(4)15-13/h5-7H,1-4H3,(H,17,18). The van der Waals surface area contributed by atoms with Crippen molar-refractivity contribution in [2.75, 3.05) is 0 Å². The average Bonchev–Trinajstić information content (AvgIpc) is 2.58. The molecule has 0 atom stereocenters. The lowest BCUT2D eigenvalue weighted by molar-refractivity contribution is 0.0697. The van der Waals surface area contributed by atoms with Crippen LogP contribution in [-0.2, 0) is 7.05 Å². The smallest absolute Gasteiger partial charge is 0.339 e. The van der Waals surface area contributed by atoms with E-state index in [9.17, 15) is 9.90 Å². The summed E-state index contributed by atoms with van der Waals surface area (Å²) in [6.07, 6.45) is 1.54. The minimum Gasteiger partial charge on any atom is -0.478 e. The molecule has 1 heterocycles. The summed E-state index contributed by atoms with van der Waals surface area (Å²) in [7, 11) is 1.73. The molecule has 0 aliphatic carbocycles. The molecule has 0 amide bonds. The van der Waals surface area contributed by atoms with Crippen molar-refractivity contribution in [3.05, 3.63) is 40.6 Å². The maximum absolute atomic E-state index is 11.2. The van der Waals surface area contributed by atoms with E-state index in [2.05, 4.69) is 5.10 Å². The van der Waals surface area contributed by atoms with Gasteiger partial charge in [0.2, 0.25) is 0 Å². The monoisotopic (exact) mass is 244 g/mol. The number of aromatic nitrogens is 2. The molecule has 94 valence electrons. The van der Waals surface area contributed by atoms with E-state index in [0.717, 1.165) is 16.7 Å². The van der Waals surface area contributed by atoms with Crippen LogP contribution in [0.3, 0.4) is 0 Å². The van der Waals surface area contributed by atoms with Crippen molar-refractivity contribution < 1.29 is 9.90 Å². The fourth-order valence-electron chi connectivity index (χ4n) is 2.38. The van der Waals surface area contributed by atoms with Gasteiger partial charge in [-0.2, -0.15) is 5.10 Å². The molecule has 0 aliphatic heterocycles. The van der Waals surface area contributed by atoms with Crippen LogP contribution in [0.4, 0.5) is 0 Å². The third kappa shape index (κ3) is 2.01. The predicted molar refractivity (Wildman–Crippen MR) is 69.8 cm³/mol. The molecule has 0 unspecified atom stereocenters. The molecule has 1 aromatic heterocycles. The predicted octanol–water partition coefficient (Wildman–Crippen LogP) is 2.71. The van der Waals surface area contributed by atoms with E-state index in [1.165, 1.54) is 16.4 Å². The number of rotatable bonds is 2. The SMILES string of the molecule is Cc1cc(C)c(-c2nn(C)cc2C(=O)O)c(C)c1. The summed E-state index contributed by atoms with van der Waals surface area (Å²) in [4.78, 5) is 11.2. The molecule has 1 aromatic carbocycles. The number of carboxylic acids is 1. The second kappa shape index (κ2) is 4.29. The van der Waals surface area contributed by atoms with E-state index in [4.69, 9.17) is 0 Å². The Kier molecular flexibility index (Phi) is 2.95. The Bertz CT molecular complexity index is 604. The fraction of sp³-hybridized carbons (Fsp3) is 0.286. The molecule has 0 saturated carbocycles. The number of carboxylic acid groups (broad SMARTS) is 1. The molecule has 1 N–H and O–H groups in total. The maximum Gasteiger partial charge on any atom is 0.339 e. The van der Waals surface area contributed by atoms with Crippen molar-refractivity contribution in [2.45, 2.75) is 20.8 Å². The second-order valence-electron chi connectivity index (χ2n) is 4.64. The van der Waals surface area contributed by atoms with Crippen LogP contribution >= 0.6 is 0 Å². The highest BCUT2D eigenvalue weighted by molar-refractivity contribution is 5.95. The largest absolute Gasteiger partial charge is 0.478 e. The highest BCUT2D eigenvalue weighted by Crippen LogP contribution is 2.29. The van der Waals surface area contributed by atoms with Gasteiger partial charge >= 0.3 is 5.97 Å². The number of benzene rings is 1. The maximum atomic E-state index is 11.2. The summed E-state index contributed by atoms with van der Waals surface area (Å²) >= 11 is 0. The summed E-state index contributed by atoms with van der Waals surface area (Å²) in [5.41, 5.74) is 4.97. The lowest BCUT2D eigenvalue weighted by Crippen LogP contribution is -1.99. The van der Waals surface area contributed by atoms with Crippen molar-refractivity contribution in [2.24, 2.45) is 7.05 Å². The first-order valence-corrected chi connectivity index (χ1v) is 5.75. The number of aryl methyl sites for hydroxylation is 4. The van der Waals surface area contributed by atoms with Crippen molar-refractivity contribution in [3.63, 3.8) is 0 Å². The van der Waals surface area contributed by atoms with Crippen molar-refractivity contribution in [1.82, 2.24) is 9.78 Å². The van der Waals surface area contributed by atoms with Crippen LogP contribution in [-0.4, -0.2) is 20.9 Å². The normalized spacial score (nSPS) is 10.7. The van der Waals surface area contributed by atoms with Crippen LogP contribution in [0.1, 0.15) is 27.0 Å². The molecule has 2 rings (SSSR count). The Labute approximate surface area is 106 Å². The van der Waals surface area contributed by atoms with Gasteiger partial charge in [-0.25, -0.2) is 4.79 Å². The van der Waals surface area contributed by atoms with Crippen LogP contribution in [0.5, 0.6) is 0 Å². The molecular formula is C14H16N2O2. The summed E-state index contributed by atoms with van der Waals surface area (Å²) in [5.74, 6) is -0.947. The molecule has 4 nitrogen and oxygen atoms in total. The van der Waals surface area contributed by atoms with Crippen molar-refractivity contribution in [3.8, 4) is 11.3 Å². The van der Waals surface area contributed by atoms with E-state index in [-0.39, 0.29) is 5.56 Å². The van der Waals surface area contributed by atoms with E-state index in [0.29, 0.717) is 5.69 Å². The molecular weight excluding hydrogens is 228 g/mol. The molecule has 4 heteroatoms. The third-order valence-electron chi connectivity index (χ3n) is 2.97. The van der Waals surface area contributed by atoms with Gasteiger partial charge < -0.3 is 5.11 Å². The summed E-state index contributed by atoms with van der Waals surface area (Å²) in [5, 5.41) is 13.5. The summed E-state index contributed by atoms with van der Waals surface area (Å²) in [6, 6.07) is 4.09. The highest BCUT2D eigenvalue weighted by atomic mass is 16.4. The van der Waals surface area contributed by atoms with Gasteiger partial charge in [-0.05, 0) is 31.9 Å². The first-order chi connectivity index (χ1) is 8.40. The van der Waals surface area contributed by atoms with Gasteiger partial charge in [0.05, 0.1) is 0 Å². The zero-order valence-corrected chi connectivity index (χ0v) is 11.0.